The Kier molecular flexibility index (Phi) is 7.63. The Hall–Kier alpha value is -6.85. The van der Waals surface area contributed by atoms with Crippen molar-refractivity contribution in [2.75, 3.05) is 0 Å². The van der Waals surface area contributed by atoms with E-state index in [0.717, 1.165) is 82.8 Å². The number of nitrogens with zero attached hydrogens (tertiary/aromatic N) is 3. The average Bonchev–Trinajstić information content (AvgIpc) is 3.77. The van der Waals surface area contributed by atoms with Gasteiger partial charge in [-0.15, -0.1) is 0 Å². The lowest BCUT2D eigenvalue weighted by atomic mass is 9.90. The van der Waals surface area contributed by atoms with Gasteiger partial charge in [-0.25, -0.2) is 9.98 Å². The van der Waals surface area contributed by atoms with Crippen molar-refractivity contribution in [1.29, 1.82) is 0 Å². The fraction of sp³-hybridized carbons (Fsp3) is 0.0217. The topological polar surface area (TPSA) is 63.4 Å². The van der Waals surface area contributed by atoms with Crippen LogP contribution in [0.15, 0.2) is 188 Å². The molecule has 0 aliphatic heterocycles. The third-order valence-electron chi connectivity index (χ3n) is 9.32. The zero-order valence-corrected chi connectivity index (χ0v) is 27.7. The van der Waals surface area contributed by atoms with Gasteiger partial charge in [-0.2, -0.15) is 0 Å². The van der Waals surface area contributed by atoms with Gasteiger partial charge in [0.1, 0.15) is 22.3 Å². The molecule has 0 aliphatic rings. The Bertz CT molecular complexity index is 2790. The monoisotopic (exact) mass is 657 g/mol. The third-order valence-corrected chi connectivity index (χ3v) is 9.32. The molecule has 0 amide bonds. The second-order valence-electron chi connectivity index (χ2n) is 12.4. The maximum absolute atomic E-state index is 6.37. The van der Waals surface area contributed by atoms with Crippen LogP contribution >= 0.6 is 0 Å². The molecule has 0 spiro atoms. The molecule has 0 atom stereocenters. The standard InChI is InChI=1S/C46H31N3O2/c1-47-45(31-16-6-3-7-17-31)49-46(48-29-34-20-13-23-37-36-21-8-10-24-39(36)51-44(34)37)33-19-12-18-32(28-33)42-35(30-14-4-2-5-15-30)26-27-41-43(42)38-22-9-11-25-40(38)50-41/h2-28H,1,29H2. The van der Waals surface area contributed by atoms with Crippen molar-refractivity contribution >= 4 is 62.3 Å². The van der Waals surface area contributed by atoms with Crippen molar-refractivity contribution in [3.8, 4) is 22.3 Å². The second kappa shape index (κ2) is 12.9. The van der Waals surface area contributed by atoms with E-state index in [0.29, 0.717) is 18.2 Å². The Morgan fingerprint density at radius 2 is 1.16 bits per heavy atom. The SMILES string of the molecule is C=NC(=NC(=NCc1cccc2c1oc1ccccc12)c1cccc(-c2c(-c3ccccc3)ccc3oc4ccccc4c23)c1)c1ccccc1. The molecule has 51 heavy (non-hydrogen) atoms. The van der Waals surface area contributed by atoms with E-state index < -0.39 is 0 Å². The number of hydrogen-bond acceptors (Lipinski definition) is 3. The van der Waals surface area contributed by atoms with Crippen LogP contribution in [0.2, 0.25) is 0 Å². The van der Waals surface area contributed by atoms with Gasteiger partial charge in [-0.1, -0.05) is 140 Å². The van der Waals surface area contributed by atoms with Gasteiger partial charge < -0.3 is 8.83 Å². The van der Waals surface area contributed by atoms with Crippen molar-refractivity contribution in [3.05, 3.63) is 180 Å². The molecule has 0 fully saturated rings. The summed E-state index contributed by atoms with van der Waals surface area (Å²) >= 11 is 0. The normalized spacial score (nSPS) is 12.3. The van der Waals surface area contributed by atoms with E-state index in [2.05, 4.69) is 109 Å². The molecule has 242 valence electrons. The predicted molar refractivity (Wildman–Crippen MR) is 211 cm³/mol. The lowest BCUT2D eigenvalue weighted by molar-refractivity contribution is 0.663. The lowest BCUT2D eigenvalue weighted by Gasteiger charge is -2.14. The second-order valence-corrected chi connectivity index (χ2v) is 12.4. The van der Waals surface area contributed by atoms with Crippen LogP contribution in [-0.4, -0.2) is 18.4 Å². The van der Waals surface area contributed by atoms with Crippen LogP contribution < -0.4 is 0 Å². The molecule has 0 saturated heterocycles. The van der Waals surface area contributed by atoms with Gasteiger partial charge in [0, 0.05) is 43.8 Å². The number of amidine groups is 2. The van der Waals surface area contributed by atoms with Crippen molar-refractivity contribution in [1.82, 2.24) is 0 Å². The van der Waals surface area contributed by atoms with E-state index in [-0.39, 0.29) is 0 Å². The van der Waals surface area contributed by atoms with E-state index >= 15 is 0 Å². The van der Waals surface area contributed by atoms with Gasteiger partial charge in [0.2, 0.25) is 0 Å². The minimum absolute atomic E-state index is 0.358. The molecule has 0 radical (unpaired) electrons. The number of furan rings is 2. The quantitative estimate of drug-likeness (QED) is 0.132. The maximum Gasteiger partial charge on any atom is 0.161 e. The molecule has 0 bridgehead atoms. The van der Waals surface area contributed by atoms with Crippen molar-refractivity contribution in [2.24, 2.45) is 15.0 Å². The summed E-state index contributed by atoms with van der Waals surface area (Å²) in [5, 5.41) is 4.29. The summed E-state index contributed by atoms with van der Waals surface area (Å²) in [6.45, 7) is 4.23. The van der Waals surface area contributed by atoms with E-state index in [4.69, 9.17) is 18.8 Å². The molecular weight excluding hydrogens is 627 g/mol. The zero-order chi connectivity index (χ0) is 34.1. The van der Waals surface area contributed by atoms with Gasteiger partial charge in [0.15, 0.2) is 11.7 Å². The van der Waals surface area contributed by atoms with Crippen LogP contribution in [0.3, 0.4) is 0 Å². The highest BCUT2D eigenvalue weighted by atomic mass is 16.3. The van der Waals surface area contributed by atoms with Crippen LogP contribution in [0.25, 0.3) is 66.1 Å². The summed E-state index contributed by atoms with van der Waals surface area (Å²) in [4.78, 5) is 14.6. The molecular formula is C46H31N3O2. The fourth-order valence-corrected chi connectivity index (χ4v) is 6.95. The molecule has 5 nitrogen and oxygen atoms in total. The number of para-hydroxylation sites is 3. The molecule has 5 heteroatoms. The van der Waals surface area contributed by atoms with Gasteiger partial charge in [0.05, 0.1) is 6.54 Å². The first-order valence-corrected chi connectivity index (χ1v) is 16.9. The first-order valence-electron chi connectivity index (χ1n) is 16.9. The summed E-state index contributed by atoms with van der Waals surface area (Å²) in [6.07, 6.45) is 0. The molecule has 0 aliphatic carbocycles. The molecule has 9 rings (SSSR count). The highest BCUT2D eigenvalue weighted by molar-refractivity contribution is 6.17. The van der Waals surface area contributed by atoms with Crippen molar-refractivity contribution < 1.29 is 8.83 Å². The van der Waals surface area contributed by atoms with E-state index in [9.17, 15) is 0 Å². The van der Waals surface area contributed by atoms with E-state index in [1.807, 2.05) is 66.7 Å². The van der Waals surface area contributed by atoms with Gasteiger partial charge in [-0.05, 0) is 47.7 Å². The molecule has 0 unspecified atom stereocenters. The summed E-state index contributed by atoms with van der Waals surface area (Å²) in [5.74, 6) is 1.04. The number of hydrogen-bond donors (Lipinski definition) is 0. The van der Waals surface area contributed by atoms with Crippen LogP contribution in [-0.2, 0) is 6.54 Å². The van der Waals surface area contributed by atoms with Gasteiger partial charge >= 0.3 is 0 Å². The summed E-state index contributed by atoms with van der Waals surface area (Å²) < 4.78 is 12.7. The van der Waals surface area contributed by atoms with E-state index in [1.165, 1.54) is 0 Å². The third kappa shape index (κ3) is 5.51. The Labute approximate surface area is 294 Å². The highest BCUT2D eigenvalue weighted by Gasteiger charge is 2.19. The van der Waals surface area contributed by atoms with Crippen LogP contribution in [0.1, 0.15) is 16.7 Å². The highest BCUT2D eigenvalue weighted by Crippen LogP contribution is 2.43. The Morgan fingerprint density at radius 1 is 0.510 bits per heavy atom. The van der Waals surface area contributed by atoms with Crippen molar-refractivity contribution in [3.63, 3.8) is 0 Å². The zero-order valence-electron chi connectivity index (χ0n) is 27.7. The average molecular weight is 658 g/mol. The minimum Gasteiger partial charge on any atom is -0.456 e. The fourth-order valence-electron chi connectivity index (χ4n) is 6.95. The predicted octanol–water partition coefficient (Wildman–Crippen LogP) is 11.9. The van der Waals surface area contributed by atoms with Gasteiger partial charge in [-0.3, -0.25) is 4.99 Å². The first kappa shape index (κ1) is 30.2. The maximum atomic E-state index is 6.37. The smallest absolute Gasteiger partial charge is 0.161 e. The van der Waals surface area contributed by atoms with Crippen molar-refractivity contribution in [2.45, 2.75) is 6.54 Å². The lowest BCUT2D eigenvalue weighted by Crippen LogP contribution is -2.06. The molecule has 0 N–H and O–H groups in total. The molecule has 0 saturated carbocycles. The number of fused-ring (bicyclic) bond motifs is 6. The summed E-state index contributed by atoms with van der Waals surface area (Å²) in [6, 6.07) is 55.5. The van der Waals surface area contributed by atoms with E-state index in [1.54, 1.807) is 0 Å². The molecule has 7 aromatic carbocycles. The van der Waals surface area contributed by atoms with Crippen LogP contribution in [0, 0.1) is 0 Å². The minimum atomic E-state index is 0.358. The Morgan fingerprint density at radius 3 is 1.96 bits per heavy atom. The first-order chi connectivity index (χ1) is 25.2. The number of benzene rings is 7. The summed E-state index contributed by atoms with van der Waals surface area (Å²) in [5.41, 5.74) is 10.4. The summed E-state index contributed by atoms with van der Waals surface area (Å²) in [7, 11) is 0. The van der Waals surface area contributed by atoms with Crippen LogP contribution in [0.4, 0.5) is 0 Å². The number of aliphatic imine (C=N–C) groups is 3. The largest absolute Gasteiger partial charge is 0.456 e. The van der Waals surface area contributed by atoms with Crippen LogP contribution in [0.5, 0.6) is 0 Å². The number of rotatable bonds is 6. The molecule has 2 aromatic heterocycles. The van der Waals surface area contributed by atoms with Gasteiger partial charge in [0.25, 0.3) is 0 Å². The molecule has 9 aromatic rings. The Balaban J connectivity index is 1.24. The molecule has 2 heterocycles.